The fourth-order valence-electron chi connectivity index (χ4n) is 3.26. The first-order chi connectivity index (χ1) is 11.3. The molecule has 1 saturated heterocycles. The van der Waals surface area contributed by atoms with E-state index >= 15 is 0 Å². The molecule has 0 amide bonds. The van der Waals surface area contributed by atoms with Crippen molar-refractivity contribution in [3.63, 3.8) is 0 Å². The minimum absolute atomic E-state index is 0. The van der Waals surface area contributed by atoms with Gasteiger partial charge in [0.1, 0.15) is 5.60 Å². The Morgan fingerprint density at radius 3 is 1.83 bits per heavy atom. The molecule has 3 rings (SSSR count). The highest BCUT2D eigenvalue weighted by Gasteiger charge is 2.28. The summed E-state index contributed by atoms with van der Waals surface area (Å²) in [5.74, 6) is 0. The van der Waals surface area contributed by atoms with Gasteiger partial charge in [-0.3, -0.25) is 4.90 Å². The predicted molar refractivity (Wildman–Crippen MR) is 103 cm³/mol. The molecule has 0 radical (unpaired) electrons. The summed E-state index contributed by atoms with van der Waals surface area (Å²) in [6.07, 6.45) is 7.99. The molecule has 3 heteroatoms. The maximum Gasteiger partial charge on any atom is 0.133 e. The van der Waals surface area contributed by atoms with Gasteiger partial charge in [0.2, 0.25) is 0 Å². The summed E-state index contributed by atoms with van der Waals surface area (Å²) in [4.78, 5) is 2.45. The van der Waals surface area contributed by atoms with Crippen LogP contribution in [0.5, 0.6) is 0 Å². The highest BCUT2D eigenvalue weighted by molar-refractivity contribution is 5.85. The second-order valence-corrected chi connectivity index (χ2v) is 6.26. The quantitative estimate of drug-likeness (QED) is 0.814. The lowest BCUT2D eigenvalue weighted by Gasteiger charge is -2.28. The van der Waals surface area contributed by atoms with E-state index < -0.39 is 5.60 Å². The molecule has 0 aliphatic carbocycles. The Bertz CT molecular complexity index is 581. The number of hydrogen-bond acceptors (Lipinski definition) is 2. The largest absolute Gasteiger partial charge is 0.377 e. The number of benzene rings is 2. The van der Waals surface area contributed by atoms with Crippen LogP contribution in [-0.2, 0) is 5.60 Å². The molecule has 128 valence electrons. The maximum absolute atomic E-state index is 11.4. The van der Waals surface area contributed by atoms with Crippen LogP contribution < -0.4 is 0 Å². The normalized spacial score (nSPS) is 16.0. The van der Waals surface area contributed by atoms with E-state index in [1.54, 1.807) is 0 Å². The highest BCUT2D eigenvalue weighted by atomic mass is 35.5. The van der Waals surface area contributed by atoms with Crippen molar-refractivity contribution in [3.05, 3.63) is 83.9 Å². The molecule has 0 aromatic heterocycles. The van der Waals surface area contributed by atoms with E-state index in [0.29, 0.717) is 0 Å². The zero-order chi connectivity index (χ0) is 16.0. The van der Waals surface area contributed by atoms with Gasteiger partial charge in [0, 0.05) is 6.54 Å². The van der Waals surface area contributed by atoms with Gasteiger partial charge in [0.25, 0.3) is 0 Å². The van der Waals surface area contributed by atoms with Crippen LogP contribution in [0.1, 0.15) is 30.4 Å². The van der Waals surface area contributed by atoms with Crippen LogP contribution in [-0.4, -0.2) is 29.6 Å². The van der Waals surface area contributed by atoms with E-state index in [4.69, 9.17) is 0 Å². The van der Waals surface area contributed by atoms with Crippen molar-refractivity contribution in [2.45, 2.75) is 24.9 Å². The van der Waals surface area contributed by atoms with E-state index in [1.807, 2.05) is 66.7 Å². The van der Waals surface area contributed by atoms with Gasteiger partial charge in [-0.1, -0.05) is 73.2 Å². The monoisotopic (exact) mass is 343 g/mol. The van der Waals surface area contributed by atoms with Gasteiger partial charge in [-0.2, -0.15) is 0 Å². The van der Waals surface area contributed by atoms with Crippen LogP contribution >= 0.6 is 12.4 Å². The van der Waals surface area contributed by atoms with E-state index in [2.05, 4.69) is 11.0 Å². The van der Waals surface area contributed by atoms with Crippen LogP contribution in [0.4, 0.5) is 0 Å². The Hall–Kier alpha value is -1.61. The van der Waals surface area contributed by atoms with Crippen molar-refractivity contribution < 1.29 is 5.11 Å². The Morgan fingerprint density at radius 2 is 1.33 bits per heavy atom. The summed E-state index contributed by atoms with van der Waals surface area (Å²) in [7, 11) is 0. The summed E-state index contributed by atoms with van der Waals surface area (Å²) in [6.45, 7) is 3.24. The third kappa shape index (κ3) is 4.47. The van der Waals surface area contributed by atoms with Crippen molar-refractivity contribution >= 4 is 12.4 Å². The number of rotatable bonds is 5. The van der Waals surface area contributed by atoms with E-state index in [-0.39, 0.29) is 12.4 Å². The molecule has 2 nitrogen and oxygen atoms in total. The minimum atomic E-state index is -1.07. The lowest BCUT2D eigenvalue weighted by atomic mass is 9.86. The van der Waals surface area contributed by atoms with Gasteiger partial charge in [-0.15, -0.1) is 12.4 Å². The van der Waals surface area contributed by atoms with E-state index in [1.165, 1.54) is 32.4 Å². The van der Waals surface area contributed by atoms with Gasteiger partial charge >= 0.3 is 0 Å². The maximum atomic E-state index is 11.4. The van der Waals surface area contributed by atoms with Crippen LogP contribution in [0.2, 0.25) is 0 Å². The van der Waals surface area contributed by atoms with Crippen molar-refractivity contribution in [1.82, 2.24) is 4.90 Å². The summed E-state index contributed by atoms with van der Waals surface area (Å²) in [6, 6.07) is 19.8. The first-order valence-electron chi connectivity index (χ1n) is 8.52. The summed E-state index contributed by atoms with van der Waals surface area (Å²) < 4.78 is 0. The molecule has 0 spiro atoms. The average molecular weight is 344 g/mol. The Morgan fingerprint density at radius 1 is 0.833 bits per heavy atom. The zero-order valence-corrected chi connectivity index (χ0v) is 14.8. The van der Waals surface area contributed by atoms with Gasteiger partial charge in [0.15, 0.2) is 0 Å². The number of likely N-dealkylation sites (tertiary alicyclic amines) is 1. The highest BCUT2D eigenvalue weighted by Crippen LogP contribution is 2.31. The van der Waals surface area contributed by atoms with Crippen LogP contribution in [0.25, 0.3) is 0 Å². The Balaban J connectivity index is 0.00000208. The lowest BCUT2D eigenvalue weighted by Crippen LogP contribution is -2.30. The van der Waals surface area contributed by atoms with Gasteiger partial charge < -0.3 is 5.11 Å². The number of piperidine rings is 1. The summed E-state index contributed by atoms with van der Waals surface area (Å²) in [5, 5.41) is 11.4. The minimum Gasteiger partial charge on any atom is -0.377 e. The molecule has 2 aromatic carbocycles. The van der Waals surface area contributed by atoms with Crippen molar-refractivity contribution in [2.75, 3.05) is 19.6 Å². The summed E-state index contributed by atoms with van der Waals surface area (Å²) >= 11 is 0. The van der Waals surface area contributed by atoms with Crippen molar-refractivity contribution in [3.8, 4) is 0 Å². The molecule has 2 aromatic rings. The van der Waals surface area contributed by atoms with E-state index in [0.717, 1.165) is 17.7 Å². The molecule has 0 saturated carbocycles. The number of hydrogen-bond donors (Lipinski definition) is 1. The molecule has 0 bridgehead atoms. The Kier molecular flexibility index (Phi) is 7.04. The molecule has 1 aliphatic rings. The third-order valence-electron chi connectivity index (χ3n) is 4.60. The smallest absolute Gasteiger partial charge is 0.133 e. The lowest BCUT2D eigenvalue weighted by molar-refractivity contribution is 0.133. The number of halogens is 1. The first-order valence-corrected chi connectivity index (χ1v) is 8.52. The van der Waals surface area contributed by atoms with Crippen LogP contribution in [0.15, 0.2) is 72.8 Å². The second kappa shape index (κ2) is 9.03. The molecule has 1 aliphatic heterocycles. The van der Waals surface area contributed by atoms with Crippen LogP contribution in [0.3, 0.4) is 0 Å². The average Bonchev–Trinajstić information content (AvgIpc) is 2.64. The zero-order valence-electron chi connectivity index (χ0n) is 14.0. The summed E-state index contributed by atoms with van der Waals surface area (Å²) in [5.41, 5.74) is 0.736. The van der Waals surface area contributed by atoms with Crippen molar-refractivity contribution in [2.24, 2.45) is 0 Å². The topological polar surface area (TPSA) is 23.5 Å². The fourth-order valence-corrected chi connectivity index (χ4v) is 3.26. The molecule has 24 heavy (non-hydrogen) atoms. The van der Waals surface area contributed by atoms with Crippen molar-refractivity contribution in [1.29, 1.82) is 0 Å². The molecule has 1 heterocycles. The molecule has 1 fully saturated rings. The molecular weight excluding hydrogens is 318 g/mol. The van der Waals surface area contributed by atoms with Gasteiger partial charge in [0.05, 0.1) is 0 Å². The molecule has 0 unspecified atom stereocenters. The second-order valence-electron chi connectivity index (χ2n) is 6.26. The Labute approximate surface area is 151 Å². The van der Waals surface area contributed by atoms with Crippen LogP contribution in [0, 0.1) is 0 Å². The fraction of sp³-hybridized carbons (Fsp3) is 0.333. The molecule has 0 atom stereocenters. The number of nitrogens with zero attached hydrogens (tertiary/aromatic N) is 1. The van der Waals surface area contributed by atoms with Gasteiger partial charge in [-0.05, 0) is 43.1 Å². The first kappa shape index (κ1) is 18.7. The molecular formula is C21H26ClNO. The molecule has 1 N–H and O–H groups in total. The number of aliphatic hydroxyl groups is 1. The third-order valence-corrected chi connectivity index (χ3v) is 4.60. The predicted octanol–water partition coefficient (Wildman–Crippen LogP) is 4.39. The SMILES string of the molecule is Cl.OC(C=CCN1CCCCC1)(c1ccccc1)c1ccccc1. The van der Waals surface area contributed by atoms with E-state index in [9.17, 15) is 5.11 Å². The van der Waals surface area contributed by atoms with Gasteiger partial charge in [-0.25, -0.2) is 0 Å². The standard InChI is InChI=1S/C21H25NO.ClH/c23-21(19-11-4-1-5-12-19,20-13-6-2-7-14-20)15-10-18-22-16-8-3-9-17-22;/h1-2,4-7,10-15,23H,3,8-9,16-18H2;1H.